The standard InChI is InChI=1S/C19H17F5N6/c20-13-2-1-3-14(21)12(13)5-7-30-9-16(28-10-30)15-8-11(4-6-27-15)17(25)18(29-26)19(22,23)24/h1-4,6,8-10,29H,5,7,25-26H2/b18-17-. The van der Waals surface area contributed by atoms with Crippen molar-refractivity contribution in [2.75, 3.05) is 0 Å². The summed E-state index contributed by atoms with van der Waals surface area (Å²) in [5, 5.41) is 0. The van der Waals surface area contributed by atoms with E-state index in [4.69, 9.17) is 11.6 Å². The van der Waals surface area contributed by atoms with E-state index in [2.05, 4.69) is 9.97 Å². The number of allylic oxidation sites excluding steroid dienone is 1. The molecule has 2 aromatic heterocycles. The molecule has 0 bridgehead atoms. The van der Waals surface area contributed by atoms with Crippen LogP contribution in [0.15, 0.2) is 54.7 Å². The molecule has 1 aromatic carbocycles. The van der Waals surface area contributed by atoms with Crippen LogP contribution < -0.4 is 17.0 Å². The minimum Gasteiger partial charge on any atom is -0.397 e. The molecular weight excluding hydrogens is 407 g/mol. The van der Waals surface area contributed by atoms with Gasteiger partial charge in [0, 0.05) is 30.1 Å². The average Bonchev–Trinajstić information content (AvgIpc) is 3.16. The number of alkyl halides is 3. The fourth-order valence-electron chi connectivity index (χ4n) is 2.82. The van der Waals surface area contributed by atoms with Gasteiger partial charge in [-0.25, -0.2) is 13.8 Å². The van der Waals surface area contributed by atoms with Crippen molar-refractivity contribution in [2.24, 2.45) is 11.6 Å². The molecule has 0 saturated carbocycles. The molecule has 158 valence electrons. The van der Waals surface area contributed by atoms with Crippen LogP contribution in [0.4, 0.5) is 22.0 Å². The molecule has 0 aliphatic carbocycles. The second-order valence-corrected chi connectivity index (χ2v) is 6.31. The lowest BCUT2D eigenvalue weighted by molar-refractivity contribution is -0.0961. The van der Waals surface area contributed by atoms with Gasteiger partial charge in [0.15, 0.2) is 5.70 Å². The minimum atomic E-state index is -4.76. The number of aryl methyl sites for hydroxylation is 1. The van der Waals surface area contributed by atoms with Gasteiger partial charge in [0.05, 0.1) is 17.7 Å². The van der Waals surface area contributed by atoms with Crippen LogP contribution in [0, 0.1) is 11.6 Å². The number of hydrogen-bond donors (Lipinski definition) is 3. The Labute approximate surface area is 168 Å². The van der Waals surface area contributed by atoms with Crippen molar-refractivity contribution < 1.29 is 22.0 Å². The molecular formula is C19H17F5N6. The number of hydrazine groups is 1. The van der Waals surface area contributed by atoms with E-state index >= 15 is 0 Å². The smallest absolute Gasteiger partial charge is 0.397 e. The number of halogens is 5. The minimum absolute atomic E-state index is 0.0419. The third-order valence-electron chi connectivity index (χ3n) is 4.35. The number of hydrogen-bond acceptors (Lipinski definition) is 5. The quantitative estimate of drug-likeness (QED) is 0.321. The van der Waals surface area contributed by atoms with Crippen LogP contribution in [0.25, 0.3) is 17.1 Å². The van der Waals surface area contributed by atoms with E-state index in [0.29, 0.717) is 5.69 Å². The lowest BCUT2D eigenvalue weighted by atomic mass is 10.1. The van der Waals surface area contributed by atoms with E-state index in [1.54, 1.807) is 16.2 Å². The van der Waals surface area contributed by atoms with Gasteiger partial charge in [-0.15, -0.1) is 0 Å². The predicted octanol–water partition coefficient (Wildman–Crippen LogP) is 3.12. The molecule has 0 aliphatic heterocycles. The summed E-state index contributed by atoms with van der Waals surface area (Å²) in [6.07, 6.45) is -0.378. The summed E-state index contributed by atoms with van der Waals surface area (Å²) in [7, 11) is 0. The van der Waals surface area contributed by atoms with Crippen molar-refractivity contribution in [3.63, 3.8) is 0 Å². The lowest BCUT2D eigenvalue weighted by Gasteiger charge is -2.14. The Morgan fingerprint density at radius 1 is 1.07 bits per heavy atom. The maximum absolute atomic E-state index is 13.7. The molecule has 30 heavy (non-hydrogen) atoms. The number of aromatic nitrogens is 3. The van der Waals surface area contributed by atoms with E-state index in [-0.39, 0.29) is 29.8 Å². The van der Waals surface area contributed by atoms with Crippen LogP contribution >= 0.6 is 0 Å². The van der Waals surface area contributed by atoms with Crippen molar-refractivity contribution in [2.45, 2.75) is 19.1 Å². The van der Waals surface area contributed by atoms with Crippen molar-refractivity contribution in [1.29, 1.82) is 0 Å². The van der Waals surface area contributed by atoms with Gasteiger partial charge in [-0.1, -0.05) is 6.07 Å². The number of nitrogens with zero attached hydrogens (tertiary/aromatic N) is 3. The Morgan fingerprint density at radius 3 is 2.40 bits per heavy atom. The largest absolute Gasteiger partial charge is 0.434 e. The van der Waals surface area contributed by atoms with Crippen molar-refractivity contribution in [3.05, 3.63) is 77.5 Å². The zero-order valence-corrected chi connectivity index (χ0v) is 15.4. The summed E-state index contributed by atoms with van der Waals surface area (Å²) in [6.45, 7) is 0.238. The Bertz CT molecular complexity index is 1050. The Kier molecular flexibility index (Phi) is 6.01. The maximum atomic E-state index is 13.7. The molecule has 0 unspecified atom stereocenters. The molecule has 0 spiro atoms. The highest BCUT2D eigenvalue weighted by Gasteiger charge is 2.36. The number of imidazole rings is 1. The third-order valence-corrected chi connectivity index (χ3v) is 4.35. The lowest BCUT2D eigenvalue weighted by Crippen LogP contribution is -2.34. The molecule has 3 aromatic rings. The van der Waals surface area contributed by atoms with Gasteiger partial charge < -0.3 is 15.7 Å². The molecule has 3 rings (SSSR count). The topological polar surface area (TPSA) is 94.8 Å². The second-order valence-electron chi connectivity index (χ2n) is 6.31. The van der Waals surface area contributed by atoms with Gasteiger partial charge in [-0.2, -0.15) is 13.2 Å². The van der Waals surface area contributed by atoms with Gasteiger partial charge in [-0.3, -0.25) is 10.8 Å². The highest BCUT2D eigenvalue weighted by atomic mass is 19.4. The first-order chi connectivity index (χ1) is 14.2. The monoisotopic (exact) mass is 424 g/mol. The Balaban J connectivity index is 1.82. The van der Waals surface area contributed by atoms with Gasteiger partial charge in [0.1, 0.15) is 17.3 Å². The predicted molar refractivity (Wildman–Crippen MR) is 100 cm³/mol. The summed E-state index contributed by atoms with van der Waals surface area (Å²) in [4.78, 5) is 8.24. The number of nitrogens with two attached hydrogens (primary N) is 2. The van der Waals surface area contributed by atoms with E-state index in [0.717, 1.165) is 0 Å². The van der Waals surface area contributed by atoms with Gasteiger partial charge in [-0.05, 0) is 30.7 Å². The molecule has 6 nitrogen and oxygen atoms in total. The molecule has 0 amide bonds. The number of rotatable bonds is 6. The highest BCUT2D eigenvalue weighted by Crippen LogP contribution is 2.28. The van der Waals surface area contributed by atoms with Crippen LogP contribution in [0.1, 0.15) is 11.1 Å². The fraction of sp³-hybridized carbons (Fsp3) is 0.158. The summed E-state index contributed by atoms with van der Waals surface area (Å²) in [5.74, 6) is 3.68. The number of benzene rings is 1. The van der Waals surface area contributed by atoms with E-state index in [9.17, 15) is 22.0 Å². The molecule has 5 N–H and O–H groups in total. The van der Waals surface area contributed by atoms with Crippen LogP contribution in [-0.4, -0.2) is 20.7 Å². The molecule has 0 atom stereocenters. The van der Waals surface area contributed by atoms with Crippen molar-refractivity contribution >= 4 is 5.70 Å². The number of nitrogens with one attached hydrogen (secondary N) is 1. The van der Waals surface area contributed by atoms with E-state index in [1.165, 1.54) is 42.9 Å². The van der Waals surface area contributed by atoms with Gasteiger partial charge >= 0.3 is 6.18 Å². The normalized spacial score (nSPS) is 12.6. The van der Waals surface area contributed by atoms with Gasteiger partial charge in [0.25, 0.3) is 0 Å². The van der Waals surface area contributed by atoms with Crippen molar-refractivity contribution in [1.82, 2.24) is 20.0 Å². The molecule has 11 heteroatoms. The molecule has 0 saturated heterocycles. The highest BCUT2D eigenvalue weighted by molar-refractivity contribution is 5.69. The second kappa shape index (κ2) is 8.49. The molecule has 0 fully saturated rings. The molecule has 0 radical (unpaired) electrons. The first kappa shape index (κ1) is 21.2. The SMILES string of the molecule is NN/C(=C(\N)c1ccnc(-c2cn(CCc3c(F)cccc3F)cn2)c1)C(F)(F)F. The molecule has 2 heterocycles. The van der Waals surface area contributed by atoms with E-state index in [1.807, 2.05) is 0 Å². The first-order valence-electron chi connectivity index (χ1n) is 8.65. The summed E-state index contributed by atoms with van der Waals surface area (Å²) in [5.41, 5.74) is 5.95. The van der Waals surface area contributed by atoms with Crippen LogP contribution in [0.3, 0.4) is 0 Å². The van der Waals surface area contributed by atoms with Gasteiger partial charge in [0.2, 0.25) is 0 Å². The fourth-order valence-corrected chi connectivity index (χ4v) is 2.82. The van der Waals surface area contributed by atoms with Crippen LogP contribution in [0.2, 0.25) is 0 Å². The maximum Gasteiger partial charge on any atom is 0.434 e. The molecule has 0 aliphatic rings. The zero-order chi connectivity index (χ0) is 21.9. The Morgan fingerprint density at radius 2 is 1.77 bits per heavy atom. The third kappa shape index (κ3) is 4.57. The summed E-state index contributed by atoms with van der Waals surface area (Å²) < 4.78 is 68.1. The Hall–Kier alpha value is -3.47. The zero-order valence-electron chi connectivity index (χ0n) is 15.4. The van der Waals surface area contributed by atoms with E-state index < -0.39 is 29.2 Å². The summed E-state index contributed by atoms with van der Waals surface area (Å²) in [6, 6.07) is 6.28. The van der Waals surface area contributed by atoms with Crippen LogP contribution in [-0.2, 0) is 13.0 Å². The number of pyridine rings is 1. The van der Waals surface area contributed by atoms with Crippen LogP contribution in [0.5, 0.6) is 0 Å². The first-order valence-corrected chi connectivity index (χ1v) is 8.65. The summed E-state index contributed by atoms with van der Waals surface area (Å²) >= 11 is 0. The van der Waals surface area contributed by atoms with Crippen molar-refractivity contribution in [3.8, 4) is 11.4 Å². The average molecular weight is 424 g/mol.